The summed E-state index contributed by atoms with van der Waals surface area (Å²) in [5, 5.41) is 4.86. The van der Waals surface area contributed by atoms with E-state index in [1.54, 1.807) is 24.4 Å². The molecule has 2 aromatic rings. The fraction of sp³-hybridized carbons (Fsp3) is 0.350. The van der Waals surface area contributed by atoms with Crippen molar-refractivity contribution in [2.45, 2.75) is 17.7 Å². The third kappa shape index (κ3) is 5.33. The Morgan fingerprint density at radius 2 is 1.88 bits per heavy atom. The molecule has 0 radical (unpaired) electrons. The Bertz CT molecular complexity index is 1060. The van der Waals surface area contributed by atoms with Crippen LogP contribution in [0.15, 0.2) is 47.5 Å². The number of sulfonamides is 1. The zero-order chi connectivity index (χ0) is 23.1. The first-order valence-electron chi connectivity index (χ1n) is 9.68. The average molecular weight is 465 g/mol. The van der Waals surface area contributed by atoms with Gasteiger partial charge in [0, 0.05) is 18.8 Å². The number of carbonyl (C=O) groups is 2. The van der Waals surface area contributed by atoms with Crippen LogP contribution in [0.3, 0.4) is 0 Å². The fourth-order valence-corrected chi connectivity index (χ4v) is 4.59. The van der Waals surface area contributed by atoms with Crippen LogP contribution in [0.2, 0.25) is 0 Å². The average Bonchev–Trinajstić information content (AvgIpc) is 3.30. The molecule has 2 amide bonds. The van der Waals surface area contributed by atoms with Crippen LogP contribution >= 0.6 is 0 Å². The summed E-state index contributed by atoms with van der Waals surface area (Å²) < 4.78 is 43.1. The predicted molar refractivity (Wildman–Crippen MR) is 112 cm³/mol. The Labute approximate surface area is 185 Å². The molecule has 172 valence electrons. The predicted octanol–water partition coefficient (Wildman–Crippen LogP) is -0.122. The van der Waals surface area contributed by atoms with E-state index in [1.165, 1.54) is 32.4 Å². The van der Waals surface area contributed by atoms with E-state index in [-0.39, 0.29) is 36.9 Å². The molecule has 2 N–H and O–H groups in total. The topological polar surface area (TPSA) is 136 Å². The van der Waals surface area contributed by atoms with E-state index in [2.05, 4.69) is 15.6 Å². The van der Waals surface area contributed by atoms with Gasteiger partial charge in [-0.1, -0.05) is 6.07 Å². The highest BCUT2D eigenvalue weighted by Gasteiger charge is 2.37. The summed E-state index contributed by atoms with van der Waals surface area (Å²) in [5.41, 5.74) is 0.597. The van der Waals surface area contributed by atoms with Crippen LogP contribution < -0.4 is 20.1 Å². The fourth-order valence-electron chi connectivity index (χ4n) is 3.07. The molecule has 32 heavy (non-hydrogen) atoms. The molecule has 1 aromatic carbocycles. The van der Waals surface area contributed by atoms with Gasteiger partial charge in [-0.3, -0.25) is 14.6 Å². The molecule has 1 saturated heterocycles. The summed E-state index contributed by atoms with van der Waals surface area (Å²) in [4.78, 5) is 28.1. The first-order valence-corrected chi connectivity index (χ1v) is 11.1. The molecule has 0 saturated carbocycles. The Balaban J connectivity index is 1.61. The third-order valence-electron chi connectivity index (χ3n) is 4.70. The molecule has 1 aliphatic heterocycles. The lowest BCUT2D eigenvalue weighted by Gasteiger charge is -2.23. The van der Waals surface area contributed by atoms with Gasteiger partial charge in [-0.25, -0.2) is 8.42 Å². The highest BCUT2D eigenvalue weighted by atomic mass is 32.2. The van der Waals surface area contributed by atoms with Gasteiger partial charge >= 0.3 is 11.8 Å². The van der Waals surface area contributed by atoms with Crippen LogP contribution in [-0.4, -0.2) is 69.7 Å². The minimum absolute atomic E-state index is 0.00918. The molecule has 12 heteroatoms. The second-order valence-electron chi connectivity index (χ2n) is 6.67. The van der Waals surface area contributed by atoms with Crippen molar-refractivity contribution in [1.29, 1.82) is 0 Å². The molecule has 1 aromatic heterocycles. The van der Waals surface area contributed by atoms with E-state index in [9.17, 15) is 18.0 Å². The van der Waals surface area contributed by atoms with Crippen LogP contribution in [0.25, 0.3) is 0 Å². The Hall–Kier alpha value is -3.22. The van der Waals surface area contributed by atoms with Crippen molar-refractivity contribution < 1.29 is 32.2 Å². The molecule has 1 fully saturated rings. The van der Waals surface area contributed by atoms with Crippen molar-refractivity contribution in [2.24, 2.45) is 0 Å². The first-order chi connectivity index (χ1) is 15.4. The summed E-state index contributed by atoms with van der Waals surface area (Å²) in [6.07, 6.45) is 0.618. The van der Waals surface area contributed by atoms with E-state index < -0.39 is 28.1 Å². The van der Waals surface area contributed by atoms with Gasteiger partial charge in [-0.2, -0.15) is 4.31 Å². The van der Waals surface area contributed by atoms with E-state index >= 15 is 0 Å². The standard InChI is InChI=1S/C20H24N4O7S/c1-29-16-7-6-15(11-17(16)30-2)32(27,28)24-9-10-31-18(24)13-23-20(26)19(25)22-12-14-5-3-4-8-21-14/h3-8,11,18H,9-10,12-13H2,1-2H3,(H,22,25)(H,23,26)/t18-/m0/s1. The van der Waals surface area contributed by atoms with Gasteiger partial charge in [0.05, 0.1) is 44.5 Å². The summed E-state index contributed by atoms with van der Waals surface area (Å²) in [6.45, 7) is 0.150. The zero-order valence-corrected chi connectivity index (χ0v) is 18.4. The van der Waals surface area contributed by atoms with Crippen molar-refractivity contribution in [3.8, 4) is 11.5 Å². The summed E-state index contributed by atoms with van der Waals surface area (Å²) in [7, 11) is -1.09. The number of pyridine rings is 1. The lowest BCUT2D eigenvalue weighted by atomic mass is 10.3. The minimum Gasteiger partial charge on any atom is -0.493 e. The van der Waals surface area contributed by atoms with Gasteiger partial charge < -0.3 is 24.8 Å². The number of rotatable bonds is 8. The van der Waals surface area contributed by atoms with Crippen LogP contribution in [0.4, 0.5) is 0 Å². The number of nitrogens with one attached hydrogen (secondary N) is 2. The van der Waals surface area contributed by atoms with Gasteiger partial charge in [0.15, 0.2) is 11.5 Å². The van der Waals surface area contributed by atoms with E-state index in [1.807, 2.05) is 0 Å². The minimum atomic E-state index is -3.95. The van der Waals surface area contributed by atoms with Gasteiger partial charge in [0.2, 0.25) is 10.0 Å². The number of ether oxygens (including phenoxy) is 3. The lowest BCUT2D eigenvalue weighted by Crippen LogP contribution is -2.47. The number of hydrogen-bond acceptors (Lipinski definition) is 8. The molecule has 1 aliphatic rings. The maximum absolute atomic E-state index is 13.1. The second-order valence-corrected chi connectivity index (χ2v) is 8.56. The quantitative estimate of drug-likeness (QED) is 0.516. The number of amides is 2. The first kappa shape index (κ1) is 23.4. The number of methoxy groups -OCH3 is 2. The number of hydrogen-bond donors (Lipinski definition) is 2. The smallest absolute Gasteiger partial charge is 0.309 e. The highest BCUT2D eigenvalue weighted by Crippen LogP contribution is 2.31. The number of carbonyl (C=O) groups excluding carboxylic acids is 2. The highest BCUT2D eigenvalue weighted by molar-refractivity contribution is 7.89. The van der Waals surface area contributed by atoms with Crippen LogP contribution in [0.5, 0.6) is 11.5 Å². The number of benzene rings is 1. The summed E-state index contributed by atoms with van der Waals surface area (Å²) in [6, 6.07) is 9.45. The molecule has 2 heterocycles. The van der Waals surface area contributed by atoms with Crippen LogP contribution in [0, 0.1) is 0 Å². The SMILES string of the molecule is COc1ccc(S(=O)(=O)N2CCO[C@H]2CNC(=O)C(=O)NCc2ccccn2)cc1OC. The molecule has 3 rings (SSSR count). The summed E-state index contributed by atoms with van der Waals surface area (Å²) in [5.74, 6) is -1.10. The van der Waals surface area contributed by atoms with Crippen molar-refractivity contribution in [2.75, 3.05) is 33.9 Å². The van der Waals surface area contributed by atoms with Crippen LogP contribution in [-0.2, 0) is 30.9 Å². The van der Waals surface area contributed by atoms with E-state index in [0.29, 0.717) is 11.4 Å². The monoisotopic (exact) mass is 464 g/mol. The molecular weight excluding hydrogens is 440 g/mol. The van der Waals surface area contributed by atoms with Gasteiger partial charge in [0.25, 0.3) is 0 Å². The van der Waals surface area contributed by atoms with Gasteiger partial charge in [0.1, 0.15) is 6.23 Å². The molecule has 0 spiro atoms. The van der Waals surface area contributed by atoms with Crippen molar-refractivity contribution >= 4 is 21.8 Å². The van der Waals surface area contributed by atoms with Crippen LogP contribution in [0.1, 0.15) is 5.69 Å². The van der Waals surface area contributed by atoms with E-state index in [0.717, 1.165) is 4.31 Å². The van der Waals surface area contributed by atoms with E-state index in [4.69, 9.17) is 14.2 Å². The molecule has 0 unspecified atom stereocenters. The normalized spacial score (nSPS) is 16.4. The Morgan fingerprint density at radius 3 is 2.56 bits per heavy atom. The molecule has 11 nitrogen and oxygen atoms in total. The van der Waals surface area contributed by atoms with Gasteiger partial charge in [-0.15, -0.1) is 0 Å². The third-order valence-corrected chi connectivity index (χ3v) is 6.59. The number of aromatic nitrogens is 1. The molecule has 1 atom stereocenters. The van der Waals surface area contributed by atoms with Crippen molar-refractivity contribution in [1.82, 2.24) is 19.9 Å². The molecular formula is C20H24N4O7S. The van der Waals surface area contributed by atoms with Crippen molar-refractivity contribution in [3.05, 3.63) is 48.3 Å². The lowest BCUT2D eigenvalue weighted by molar-refractivity contribution is -0.139. The Kier molecular flexibility index (Phi) is 7.62. The van der Waals surface area contributed by atoms with Crippen molar-refractivity contribution in [3.63, 3.8) is 0 Å². The van der Waals surface area contributed by atoms with Gasteiger partial charge in [-0.05, 0) is 24.3 Å². The second kappa shape index (κ2) is 10.4. The summed E-state index contributed by atoms with van der Waals surface area (Å²) >= 11 is 0. The number of nitrogens with zero attached hydrogens (tertiary/aromatic N) is 2. The Morgan fingerprint density at radius 1 is 1.12 bits per heavy atom. The maximum Gasteiger partial charge on any atom is 0.309 e. The molecule has 0 aliphatic carbocycles. The largest absolute Gasteiger partial charge is 0.493 e. The zero-order valence-electron chi connectivity index (χ0n) is 17.6. The molecule has 0 bridgehead atoms. The maximum atomic E-state index is 13.1.